The zero-order chi connectivity index (χ0) is 16.4. The molecule has 0 fully saturated rings. The van der Waals surface area contributed by atoms with E-state index >= 15 is 0 Å². The molecule has 0 aliphatic rings. The third-order valence-corrected chi connectivity index (χ3v) is 4.03. The Morgan fingerprint density at radius 1 is 0.833 bits per heavy atom. The monoisotopic (exact) mass is 378 g/mol. The molecule has 4 rings (SSSR count). The zero-order valence-corrected chi connectivity index (χ0v) is 14.0. The average molecular weight is 379 g/mol. The first-order chi connectivity index (χ1) is 11.8. The van der Waals surface area contributed by atoms with E-state index in [2.05, 4.69) is 35.9 Å². The lowest BCUT2D eigenvalue weighted by molar-refractivity contribution is 0.463. The third kappa shape index (κ3) is 2.83. The summed E-state index contributed by atoms with van der Waals surface area (Å²) in [6.45, 7) is 0. The van der Waals surface area contributed by atoms with Crippen LogP contribution in [-0.4, -0.2) is 19.9 Å². The number of aromatic nitrogens is 4. The van der Waals surface area contributed by atoms with Gasteiger partial charge in [0.25, 0.3) is 0 Å². The van der Waals surface area contributed by atoms with Crippen LogP contribution in [0.15, 0.2) is 71.7 Å². The van der Waals surface area contributed by atoms with Crippen molar-refractivity contribution in [3.63, 3.8) is 0 Å². The molecular weight excluding hydrogens is 368 g/mol. The summed E-state index contributed by atoms with van der Waals surface area (Å²) in [5, 5.41) is 0.839. The molecule has 0 bridgehead atoms. The van der Waals surface area contributed by atoms with Crippen molar-refractivity contribution in [2.45, 2.75) is 0 Å². The van der Waals surface area contributed by atoms with E-state index in [0.717, 1.165) is 16.5 Å². The number of benzene rings is 1. The van der Waals surface area contributed by atoms with E-state index in [9.17, 15) is 0 Å². The van der Waals surface area contributed by atoms with Crippen LogP contribution in [0.25, 0.3) is 22.3 Å². The lowest BCUT2D eigenvalue weighted by Gasteiger charge is -2.10. The molecule has 3 heterocycles. The van der Waals surface area contributed by atoms with Gasteiger partial charge in [0.2, 0.25) is 5.88 Å². The van der Waals surface area contributed by atoms with Crippen LogP contribution < -0.4 is 4.74 Å². The maximum atomic E-state index is 6.01. The van der Waals surface area contributed by atoms with Crippen molar-refractivity contribution in [1.82, 2.24) is 19.9 Å². The van der Waals surface area contributed by atoms with Gasteiger partial charge in [-0.1, -0.05) is 12.1 Å². The molecule has 0 unspecified atom stereocenters. The Morgan fingerprint density at radius 2 is 1.67 bits per heavy atom. The number of pyridine rings is 2. The first-order valence-electron chi connectivity index (χ1n) is 7.27. The molecule has 0 aliphatic carbocycles. The molecule has 0 radical (unpaired) electrons. The van der Waals surface area contributed by atoms with E-state index in [-0.39, 0.29) is 0 Å². The van der Waals surface area contributed by atoms with Gasteiger partial charge in [0.1, 0.15) is 4.60 Å². The predicted octanol–water partition coefficient (Wildman–Crippen LogP) is 4.64. The normalized spacial score (nSPS) is 10.7. The summed E-state index contributed by atoms with van der Waals surface area (Å²) in [4.78, 5) is 17.4. The minimum Gasteiger partial charge on any atom is -0.435 e. The number of rotatable bonds is 3. The molecule has 4 aromatic rings. The molecule has 5 nitrogen and oxygen atoms in total. The molecular formula is C18H11BrN4O. The summed E-state index contributed by atoms with van der Waals surface area (Å²) in [6.07, 6.45) is 5.12. The maximum absolute atomic E-state index is 6.01. The van der Waals surface area contributed by atoms with Gasteiger partial charge < -0.3 is 4.74 Å². The number of halogens is 1. The maximum Gasteiger partial charge on any atom is 0.230 e. The van der Waals surface area contributed by atoms with Gasteiger partial charge in [0, 0.05) is 24.2 Å². The standard InChI is InChI=1S/C18H11BrN4O/c19-16-15(6-3-9-21-16)24-18-13-4-1-2-5-14(13)22-17(23-18)12-7-10-20-11-8-12/h1-11H. The molecule has 0 N–H and O–H groups in total. The smallest absolute Gasteiger partial charge is 0.230 e. The number of para-hydroxylation sites is 1. The topological polar surface area (TPSA) is 60.8 Å². The number of hydrogen-bond donors (Lipinski definition) is 0. The Balaban J connectivity index is 1.88. The van der Waals surface area contributed by atoms with Gasteiger partial charge >= 0.3 is 0 Å². The average Bonchev–Trinajstić information content (AvgIpc) is 2.64. The van der Waals surface area contributed by atoms with Crippen LogP contribution in [-0.2, 0) is 0 Å². The molecule has 0 amide bonds. The Bertz CT molecular complexity index is 1010. The Hall–Kier alpha value is -2.86. The van der Waals surface area contributed by atoms with E-state index in [1.54, 1.807) is 18.6 Å². The summed E-state index contributed by atoms with van der Waals surface area (Å²) in [5.41, 5.74) is 1.69. The van der Waals surface area contributed by atoms with Gasteiger partial charge in [-0.15, -0.1) is 0 Å². The molecule has 1 aromatic carbocycles. The van der Waals surface area contributed by atoms with Crippen molar-refractivity contribution in [2.75, 3.05) is 0 Å². The van der Waals surface area contributed by atoms with Gasteiger partial charge in [-0.2, -0.15) is 4.98 Å². The minimum atomic E-state index is 0.487. The molecule has 3 aromatic heterocycles. The minimum absolute atomic E-state index is 0.487. The Labute approximate surface area is 146 Å². The highest BCUT2D eigenvalue weighted by atomic mass is 79.9. The van der Waals surface area contributed by atoms with Crippen molar-refractivity contribution < 1.29 is 4.74 Å². The van der Waals surface area contributed by atoms with Crippen molar-refractivity contribution in [3.8, 4) is 23.0 Å². The van der Waals surface area contributed by atoms with E-state index < -0.39 is 0 Å². The second kappa shape index (κ2) is 6.33. The quantitative estimate of drug-likeness (QED) is 0.486. The first kappa shape index (κ1) is 14.7. The highest BCUT2D eigenvalue weighted by molar-refractivity contribution is 9.10. The lowest BCUT2D eigenvalue weighted by Crippen LogP contribution is -1.97. The van der Waals surface area contributed by atoms with Crippen LogP contribution in [0.4, 0.5) is 0 Å². The fourth-order valence-electron chi connectivity index (χ4n) is 2.31. The SMILES string of the molecule is Brc1ncccc1Oc1nc(-c2ccncc2)nc2ccccc12. The van der Waals surface area contributed by atoms with Crippen molar-refractivity contribution in [2.24, 2.45) is 0 Å². The van der Waals surface area contributed by atoms with Crippen LogP contribution >= 0.6 is 15.9 Å². The summed E-state index contributed by atoms with van der Waals surface area (Å²) in [6, 6.07) is 15.1. The van der Waals surface area contributed by atoms with Gasteiger partial charge in [0.15, 0.2) is 11.6 Å². The Morgan fingerprint density at radius 3 is 2.50 bits per heavy atom. The third-order valence-electron chi connectivity index (χ3n) is 3.44. The molecule has 24 heavy (non-hydrogen) atoms. The lowest BCUT2D eigenvalue weighted by atomic mass is 10.2. The second-order valence-corrected chi connectivity index (χ2v) is 5.75. The molecule has 6 heteroatoms. The number of nitrogens with zero attached hydrogens (tertiary/aromatic N) is 4. The van der Waals surface area contributed by atoms with E-state index in [4.69, 9.17) is 4.74 Å². The zero-order valence-electron chi connectivity index (χ0n) is 12.4. The summed E-state index contributed by atoms with van der Waals surface area (Å²) < 4.78 is 6.63. The van der Waals surface area contributed by atoms with Gasteiger partial charge in [-0.05, 0) is 52.3 Å². The fourth-order valence-corrected chi connectivity index (χ4v) is 2.64. The Kier molecular flexibility index (Phi) is 3.88. The van der Waals surface area contributed by atoms with Gasteiger partial charge in [-0.25, -0.2) is 9.97 Å². The number of ether oxygens (including phenoxy) is 1. The largest absolute Gasteiger partial charge is 0.435 e. The fraction of sp³-hybridized carbons (Fsp3) is 0. The van der Waals surface area contributed by atoms with Crippen molar-refractivity contribution in [1.29, 1.82) is 0 Å². The molecule has 0 saturated carbocycles. The summed E-state index contributed by atoms with van der Waals surface area (Å²) in [5.74, 6) is 1.68. The number of fused-ring (bicyclic) bond motifs is 1. The molecule has 0 atom stereocenters. The highest BCUT2D eigenvalue weighted by Crippen LogP contribution is 2.32. The highest BCUT2D eigenvalue weighted by Gasteiger charge is 2.12. The van der Waals surface area contributed by atoms with E-state index in [1.165, 1.54) is 0 Å². The molecule has 0 spiro atoms. The van der Waals surface area contributed by atoms with Crippen LogP contribution in [0.2, 0.25) is 0 Å². The number of hydrogen-bond acceptors (Lipinski definition) is 5. The summed E-state index contributed by atoms with van der Waals surface area (Å²) in [7, 11) is 0. The van der Waals surface area contributed by atoms with Gasteiger partial charge in [-0.3, -0.25) is 4.98 Å². The van der Waals surface area contributed by atoms with Crippen LogP contribution in [0.1, 0.15) is 0 Å². The van der Waals surface area contributed by atoms with Crippen LogP contribution in [0.5, 0.6) is 11.6 Å². The molecule has 116 valence electrons. The summed E-state index contributed by atoms with van der Waals surface area (Å²) >= 11 is 3.39. The first-order valence-corrected chi connectivity index (χ1v) is 8.06. The predicted molar refractivity (Wildman–Crippen MR) is 94.8 cm³/mol. The molecule has 0 aliphatic heterocycles. The van der Waals surface area contributed by atoms with Crippen LogP contribution in [0.3, 0.4) is 0 Å². The van der Waals surface area contributed by atoms with Gasteiger partial charge in [0.05, 0.1) is 10.9 Å². The second-order valence-electron chi connectivity index (χ2n) is 5.00. The molecule has 0 saturated heterocycles. The van der Waals surface area contributed by atoms with E-state index in [0.29, 0.717) is 22.1 Å². The van der Waals surface area contributed by atoms with Crippen LogP contribution in [0, 0.1) is 0 Å². The van der Waals surface area contributed by atoms with Crippen molar-refractivity contribution >= 4 is 26.8 Å². The van der Waals surface area contributed by atoms with Crippen molar-refractivity contribution in [3.05, 3.63) is 71.7 Å². The van der Waals surface area contributed by atoms with E-state index in [1.807, 2.05) is 48.5 Å².